The number of pyridine rings is 2. The van der Waals surface area contributed by atoms with Gasteiger partial charge in [0.05, 0.1) is 33.9 Å². The molecule has 0 saturated heterocycles. The lowest BCUT2D eigenvalue weighted by atomic mass is 10.1. The predicted molar refractivity (Wildman–Crippen MR) is 237 cm³/mol. The Kier molecular flexibility index (Phi) is 18.1. The maximum atomic E-state index is 12.9. The molecule has 15 heteroatoms. The summed E-state index contributed by atoms with van der Waals surface area (Å²) < 4.78 is 94.6. The number of carboxylic acid groups (broad SMARTS) is 2. The first-order valence-corrected chi connectivity index (χ1v) is 21.4. The van der Waals surface area contributed by atoms with Gasteiger partial charge in [-0.15, -0.1) is 0 Å². The summed E-state index contributed by atoms with van der Waals surface area (Å²) in [6.45, 7) is 3.72. The van der Waals surface area contributed by atoms with E-state index in [9.17, 15) is 35.9 Å². The van der Waals surface area contributed by atoms with Gasteiger partial charge in [-0.05, 0) is 123 Å². The Hall–Kier alpha value is -6.90. The van der Waals surface area contributed by atoms with Crippen molar-refractivity contribution in [3.63, 3.8) is 0 Å². The Labute approximate surface area is 379 Å². The fraction of sp³-hybridized carbons (Fsp3) is 0.294. The van der Waals surface area contributed by atoms with E-state index in [0.29, 0.717) is 64.0 Å². The quantitative estimate of drug-likeness (QED) is 0.0719. The molecule has 2 heterocycles. The third kappa shape index (κ3) is 15.7. The normalized spacial score (nSPS) is 12.3. The van der Waals surface area contributed by atoms with E-state index >= 15 is 0 Å². The predicted octanol–water partition coefficient (Wildman–Crippen LogP) is 13.6. The first-order valence-electron chi connectivity index (χ1n) is 21.4. The highest BCUT2D eigenvalue weighted by molar-refractivity contribution is 5.68. The largest absolute Gasteiger partial charge is 0.484 e. The average Bonchev–Trinajstić information content (AvgIpc) is 3.31. The zero-order valence-electron chi connectivity index (χ0n) is 36.3. The van der Waals surface area contributed by atoms with Gasteiger partial charge in [0.2, 0.25) is 0 Å². The first kappa shape index (κ1) is 50.1. The zero-order valence-corrected chi connectivity index (χ0v) is 36.3. The van der Waals surface area contributed by atoms with Crippen LogP contribution in [-0.2, 0) is 28.4 Å². The molecular weight excluding hydrogens is 867 g/mol. The van der Waals surface area contributed by atoms with Crippen molar-refractivity contribution in [1.29, 1.82) is 0 Å². The molecule has 0 amide bonds. The number of rotatable bonds is 20. The average molecular weight is 917 g/mol. The lowest BCUT2D eigenvalue weighted by Crippen LogP contribution is -2.11. The Morgan fingerprint density at radius 1 is 0.545 bits per heavy atom. The Balaban J connectivity index is 0.000000247. The van der Waals surface area contributed by atoms with Crippen LogP contribution in [0.2, 0.25) is 0 Å². The van der Waals surface area contributed by atoms with E-state index < -0.39 is 42.0 Å². The molecule has 0 saturated carbocycles. The van der Waals surface area contributed by atoms with E-state index in [-0.39, 0.29) is 18.6 Å². The molecule has 348 valence electrons. The van der Waals surface area contributed by atoms with Crippen molar-refractivity contribution < 1.29 is 60.4 Å². The van der Waals surface area contributed by atoms with Gasteiger partial charge in [-0.2, -0.15) is 26.3 Å². The van der Waals surface area contributed by atoms with Crippen molar-refractivity contribution in [2.75, 3.05) is 6.61 Å². The van der Waals surface area contributed by atoms with Crippen LogP contribution in [0, 0.1) is 0 Å². The van der Waals surface area contributed by atoms with Crippen molar-refractivity contribution >= 4 is 11.9 Å². The Morgan fingerprint density at radius 2 is 0.955 bits per heavy atom. The summed E-state index contributed by atoms with van der Waals surface area (Å²) in [5, 5.41) is 17.5. The van der Waals surface area contributed by atoms with Crippen LogP contribution in [0.4, 0.5) is 26.3 Å². The molecule has 6 rings (SSSR count). The SMILES string of the molecule is CCCCC(Oc1ccc(CCC(=O)O)cc1)c1cccc(-c2ccc(C(F)(F)F)cc2)n1.CCCCC(Oc1ccc(OCC(=O)O)cc1)c1cccc(-c2ccc(C(F)(F)F)cc2)n1. The number of halogens is 6. The molecule has 6 aromatic rings. The molecule has 0 radical (unpaired) electrons. The molecule has 4 aromatic carbocycles. The highest BCUT2D eigenvalue weighted by Gasteiger charge is 2.31. The fourth-order valence-corrected chi connectivity index (χ4v) is 6.63. The van der Waals surface area contributed by atoms with Crippen LogP contribution in [0.5, 0.6) is 17.2 Å². The van der Waals surface area contributed by atoms with E-state index in [1.54, 1.807) is 42.5 Å². The molecule has 66 heavy (non-hydrogen) atoms. The van der Waals surface area contributed by atoms with Gasteiger partial charge in [-0.1, -0.05) is 75.2 Å². The number of carbonyl (C=O) groups is 2. The Bertz CT molecular complexity index is 2270. The molecular formula is C51H50F6N2O7. The number of benzene rings is 4. The van der Waals surface area contributed by atoms with Crippen LogP contribution >= 0.6 is 0 Å². The summed E-state index contributed by atoms with van der Waals surface area (Å²) >= 11 is 0. The van der Waals surface area contributed by atoms with Gasteiger partial charge in [0, 0.05) is 17.5 Å². The van der Waals surface area contributed by atoms with Gasteiger partial charge in [0.15, 0.2) is 6.61 Å². The van der Waals surface area contributed by atoms with Gasteiger partial charge in [0.1, 0.15) is 29.5 Å². The molecule has 0 aliphatic rings. The topological polar surface area (TPSA) is 128 Å². The van der Waals surface area contributed by atoms with Gasteiger partial charge in [-0.25, -0.2) is 14.8 Å². The highest BCUT2D eigenvalue weighted by atomic mass is 19.4. The van der Waals surface area contributed by atoms with Crippen LogP contribution in [0.15, 0.2) is 133 Å². The molecule has 2 N–H and O–H groups in total. The lowest BCUT2D eigenvalue weighted by molar-refractivity contribution is -0.139. The van der Waals surface area contributed by atoms with Crippen molar-refractivity contribution in [3.8, 4) is 39.8 Å². The van der Waals surface area contributed by atoms with Crippen LogP contribution in [0.1, 0.15) is 99.1 Å². The summed E-state index contributed by atoms with van der Waals surface area (Å²) in [6, 6.07) is 34.7. The number of hydrogen-bond donors (Lipinski definition) is 2. The van der Waals surface area contributed by atoms with Crippen molar-refractivity contribution in [3.05, 3.63) is 162 Å². The standard InChI is InChI=1S/C26H26F3NO3.C25H24F3NO4/c1-2-3-7-24(33-21-15-8-18(9-16-21)10-17-25(31)32)23-6-4-5-22(30-23)19-11-13-20(14-12-19)26(27,28)29;1-2-3-7-23(33-20-14-12-19(13-15-20)32-16-24(30)31)22-6-4-5-21(29-22)17-8-10-18(11-9-17)25(26,27)28/h4-6,8-9,11-16,24H,2-3,7,10,17H2,1H3,(H,31,32);4-6,8-15,23H,2-3,7,16H2,1H3,(H,30,31). The van der Waals surface area contributed by atoms with Gasteiger partial charge >= 0.3 is 24.3 Å². The summed E-state index contributed by atoms with van der Waals surface area (Å²) in [5.74, 6) is -0.266. The van der Waals surface area contributed by atoms with Crippen molar-refractivity contribution in [2.24, 2.45) is 0 Å². The second kappa shape index (κ2) is 23.9. The zero-order chi connectivity index (χ0) is 47.7. The van der Waals surface area contributed by atoms with E-state index in [1.165, 1.54) is 24.3 Å². The van der Waals surface area contributed by atoms with E-state index in [4.69, 9.17) is 24.4 Å². The van der Waals surface area contributed by atoms with Gasteiger partial charge < -0.3 is 24.4 Å². The minimum atomic E-state index is -4.39. The van der Waals surface area contributed by atoms with Gasteiger partial charge in [0.25, 0.3) is 0 Å². The minimum absolute atomic E-state index is 0.0694. The number of alkyl halides is 6. The molecule has 0 spiro atoms. The number of aryl methyl sites for hydroxylation is 1. The first-order chi connectivity index (χ1) is 31.5. The number of nitrogens with zero attached hydrogens (tertiary/aromatic N) is 2. The number of unbranched alkanes of at least 4 members (excludes halogenated alkanes) is 2. The third-order valence-electron chi connectivity index (χ3n) is 10.2. The smallest absolute Gasteiger partial charge is 0.416 e. The van der Waals surface area contributed by atoms with E-state index in [0.717, 1.165) is 61.9 Å². The molecule has 9 nitrogen and oxygen atoms in total. The molecule has 0 aliphatic carbocycles. The van der Waals surface area contributed by atoms with E-state index in [1.807, 2.05) is 42.5 Å². The van der Waals surface area contributed by atoms with Gasteiger partial charge in [-0.3, -0.25) is 4.79 Å². The monoisotopic (exact) mass is 916 g/mol. The number of hydrogen-bond acceptors (Lipinski definition) is 7. The molecule has 2 atom stereocenters. The van der Waals surface area contributed by atoms with Crippen LogP contribution < -0.4 is 14.2 Å². The maximum Gasteiger partial charge on any atom is 0.416 e. The molecule has 0 aliphatic heterocycles. The molecule has 2 unspecified atom stereocenters. The van der Waals surface area contributed by atoms with Crippen LogP contribution in [0.3, 0.4) is 0 Å². The summed E-state index contributed by atoms with van der Waals surface area (Å²) in [7, 11) is 0. The van der Waals surface area contributed by atoms with E-state index in [2.05, 4.69) is 23.8 Å². The van der Waals surface area contributed by atoms with Crippen LogP contribution in [-0.4, -0.2) is 38.7 Å². The number of carboxylic acids is 2. The number of ether oxygens (including phenoxy) is 3. The fourth-order valence-electron chi connectivity index (χ4n) is 6.63. The molecule has 0 bridgehead atoms. The number of aromatic nitrogens is 2. The second-order valence-electron chi connectivity index (χ2n) is 15.2. The number of aliphatic carboxylic acids is 2. The summed E-state index contributed by atoms with van der Waals surface area (Å²) in [5.41, 5.74) is 3.21. The summed E-state index contributed by atoms with van der Waals surface area (Å²) in [4.78, 5) is 30.7. The highest BCUT2D eigenvalue weighted by Crippen LogP contribution is 2.34. The lowest BCUT2D eigenvalue weighted by Gasteiger charge is -2.20. The maximum absolute atomic E-state index is 12.9. The van der Waals surface area contributed by atoms with Crippen molar-refractivity contribution in [2.45, 2.75) is 89.8 Å². The summed E-state index contributed by atoms with van der Waals surface area (Å²) in [6.07, 6.45) is -3.72. The Morgan fingerprint density at radius 3 is 1.33 bits per heavy atom. The van der Waals surface area contributed by atoms with Crippen molar-refractivity contribution in [1.82, 2.24) is 9.97 Å². The minimum Gasteiger partial charge on any atom is -0.484 e. The second-order valence-corrected chi connectivity index (χ2v) is 15.2. The molecule has 2 aromatic heterocycles. The molecule has 0 fully saturated rings. The third-order valence-corrected chi connectivity index (χ3v) is 10.2. The van der Waals surface area contributed by atoms with Crippen LogP contribution in [0.25, 0.3) is 22.5 Å².